The average molecular weight is 340 g/mol. The molecule has 0 spiro atoms. The summed E-state index contributed by atoms with van der Waals surface area (Å²) >= 11 is -0.346. The van der Waals surface area contributed by atoms with Crippen molar-refractivity contribution in [2.24, 2.45) is 0 Å². The van der Waals surface area contributed by atoms with Crippen LogP contribution >= 0.6 is 19.4 Å². The van der Waals surface area contributed by atoms with E-state index in [4.69, 9.17) is 19.4 Å². The maximum atomic E-state index is 4.85. The van der Waals surface area contributed by atoms with Crippen LogP contribution in [0, 0.1) is 0 Å². The van der Waals surface area contributed by atoms with E-state index in [-0.39, 0.29) is 15.1 Å². The molecule has 3 heteroatoms. The summed E-state index contributed by atoms with van der Waals surface area (Å²) in [7, 11) is 9.71. The van der Waals surface area contributed by atoms with Crippen molar-refractivity contribution in [3.63, 3.8) is 0 Å². The van der Waals surface area contributed by atoms with Gasteiger partial charge in [-0.2, -0.15) is 0 Å². The van der Waals surface area contributed by atoms with Gasteiger partial charge in [0.1, 0.15) is 0 Å². The Labute approximate surface area is 111 Å². The van der Waals surface area contributed by atoms with Gasteiger partial charge in [0.05, 0.1) is 0 Å². The Morgan fingerprint density at radius 1 is 0.800 bits per heavy atom. The summed E-state index contributed by atoms with van der Waals surface area (Å²) in [6, 6.07) is 0. The molecule has 0 aliphatic heterocycles. The summed E-state index contributed by atoms with van der Waals surface area (Å²) in [6.45, 7) is 4.51. The molecule has 0 aliphatic rings. The first-order valence-electron chi connectivity index (χ1n) is 5.83. The number of allylic oxidation sites excluding steroid dienone is 2. The molecule has 0 saturated heterocycles. The summed E-state index contributed by atoms with van der Waals surface area (Å²) in [4.78, 5) is 0. The van der Waals surface area contributed by atoms with Crippen LogP contribution in [0.4, 0.5) is 0 Å². The quantitative estimate of drug-likeness (QED) is 0.285. The van der Waals surface area contributed by atoms with Crippen LogP contribution in [0.3, 0.4) is 0 Å². The Kier molecular flexibility index (Phi) is 24.9. The second-order valence-electron chi connectivity index (χ2n) is 3.51. The Bertz CT molecular complexity index is 104. The van der Waals surface area contributed by atoms with E-state index in [1.807, 2.05) is 0 Å². The molecule has 0 aliphatic carbocycles. The fraction of sp³-hybridized carbons (Fsp3) is 0.833. The fourth-order valence-corrected chi connectivity index (χ4v) is 1.26. The second kappa shape index (κ2) is 20.4. The Morgan fingerprint density at radius 3 is 1.40 bits per heavy atom. The monoisotopic (exact) mass is 340 g/mol. The summed E-state index contributed by atoms with van der Waals surface area (Å²) in [5.41, 5.74) is 0. The van der Waals surface area contributed by atoms with Gasteiger partial charge in [0, 0.05) is 0 Å². The number of hydrogen-bond donors (Lipinski definition) is 0. The van der Waals surface area contributed by atoms with Gasteiger partial charge in [-0.15, -0.1) is 0 Å². The normalized spacial score (nSPS) is 10.4. The molecule has 0 saturated carbocycles. The van der Waals surface area contributed by atoms with Crippen molar-refractivity contribution in [3.05, 3.63) is 12.2 Å². The van der Waals surface area contributed by atoms with E-state index < -0.39 is 0 Å². The van der Waals surface area contributed by atoms with E-state index in [1.165, 1.54) is 51.4 Å². The molecule has 94 valence electrons. The van der Waals surface area contributed by atoms with E-state index in [2.05, 4.69) is 26.0 Å². The molecule has 0 atom stereocenters. The zero-order valence-corrected chi connectivity index (χ0v) is 13.2. The average Bonchev–Trinajstić information content (AvgIpc) is 2.23. The zero-order chi connectivity index (χ0) is 11.8. The van der Waals surface area contributed by atoms with Crippen LogP contribution in [-0.4, -0.2) is 0 Å². The van der Waals surface area contributed by atoms with Crippen LogP contribution in [0.5, 0.6) is 0 Å². The third kappa shape index (κ3) is 25.3. The molecule has 0 N–H and O–H groups in total. The molecular formula is C12H24Cl2Ru. The molecule has 0 rings (SSSR count). The van der Waals surface area contributed by atoms with E-state index in [9.17, 15) is 0 Å². The molecule has 0 heterocycles. The van der Waals surface area contributed by atoms with Gasteiger partial charge in [-0.3, -0.25) is 0 Å². The van der Waals surface area contributed by atoms with Crippen LogP contribution in [0.15, 0.2) is 12.2 Å². The van der Waals surface area contributed by atoms with Crippen molar-refractivity contribution in [1.82, 2.24) is 0 Å². The van der Waals surface area contributed by atoms with Gasteiger partial charge in [0.15, 0.2) is 0 Å². The maximum absolute atomic E-state index is 4.85. The van der Waals surface area contributed by atoms with Gasteiger partial charge in [-0.05, 0) is 25.7 Å². The van der Waals surface area contributed by atoms with E-state index in [0.29, 0.717) is 0 Å². The first-order chi connectivity index (χ1) is 7.33. The molecule has 0 fully saturated rings. The Hall–Kier alpha value is 0.943. The van der Waals surface area contributed by atoms with Crippen LogP contribution in [0.1, 0.15) is 65.2 Å². The fourth-order valence-electron chi connectivity index (χ4n) is 1.26. The SMILES string of the molecule is CCCCC/C=C/CCCCC.[Cl][Ru][Cl]. The van der Waals surface area contributed by atoms with Gasteiger partial charge < -0.3 is 0 Å². The van der Waals surface area contributed by atoms with Crippen molar-refractivity contribution in [1.29, 1.82) is 0 Å². The van der Waals surface area contributed by atoms with Crippen LogP contribution in [0.25, 0.3) is 0 Å². The molecule has 0 aromatic rings. The minimum atomic E-state index is -0.346. The van der Waals surface area contributed by atoms with E-state index >= 15 is 0 Å². The summed E-state index contributed by atoms with van der Waals surface area (Å²) < 4.78 is 0. The number of hydrogen-bond acceptors (Lipinski definition) is 0. The third-order valence-corrected chi connectivity index (χ3v) is 2.12. The number of unbranched alkanes of at least 4 members (excludes halogenated alkanes) is 6. The zero-order valence-electron chi connectivity index (χ0n) is 9.92. The van der Waals surface area contributed by atoms with Gasteiger partial charge in [-0.1, -0.05) is 51.7 Å². The predicted octanol–water partition coefficient (Wildman–Crippen LogP) is 6.08. The van der Waals surface area contributed by atoms with Crippen LogP contribution in [-0.2, 0) is 15.1 Å². The number of halogens is 2. The first kappa shape index (κ1) is 18.3. The standard InChI is InChI=1S/C12H24.2ClH.Ru/c1-3-5-7-9-11-12-10-8-6-4-2;;;/h11-12H,3-10H2,1-2H3;2*1H;/q;;;+2/p-2/b12-11+;;;. The Morgan fingerprint density at radius 2 is 1.13 bits per heavy atom. The van der Waals surface area contributed by atoms with Gasteiger partial charge in [0.2, 0.25) is 0 Å². The third-order valence-electron chi connectivity index (χ3n) is 2.12. The molecule has 15 heavy (non-hydrogen) atoms. The molecule has 0 nitrogen and oxygen atoms in total. The predicted molar refractivity (Wildman–Crippen MR) is 69.1 cm³/mol. The topological polar surface area (TPSA) is 0 Å². The summed E-state index contributed by atoms with van der Waals surface area (Å²) in [5, 5.41) is 0. The van der Waals surface area contributed by atoms with Gasteiger partial charge in [-0.25, -0.2) is 0 Å². The van der Waals surface area contributed by atoms with E-state index in [0.717, 1.165) is 0 Å². The van der Waals surface area contributed by atoms with E-state index in [1.54, 1.807) is 0 Å². The van der Waals surface area contributed by atoms with Crippen molar-refractivity contribution in [2.45, 2.75) is 65.2 Å². The summed E-state index contributed by atoms with van der Waals surface area (Å²) in [6.07, 6.45) is 15.5. The molecule has 0 amide bonds. The molecule has 0 aromatic carbocycles. The summed E-state index contributed by atoms with van der Waals surface area (Å²) in [5.74, 6) is 0. The molecular weight excluding hydrogens is 316 g/mol. The van der Waals surface area contributed by atoms with Crippen molar-refractivity contribution in [3.8, 4) is 0 Å². The molecule has 0 radical (unpaired) electrons. The van der Waals surface area contributed by atoms with Crippen LogP contribution < -0.4 is 0 Å². The molecule has 0 bridgehead atoms. The Balaban J connectivity index is 0. The van der Waals surface area contributed by atoms with Crippen molar-refractivity contribution in [2.75, 3.05) is 0 Å². The van der Waals surface area contributed by atoms with Gasteiger partial charge in [0.25, 0.3) is 0 Å². The van der Waals surface area contributed by atoms with Gasteiger partial charge >= 0.3 is 34.5 Å². The van der Waals surface area contributed by atoms with Crippen molar-refractivity contribution < 1.29 is 15.1 Å². The molecule has 0 aromatic heterocycles. The second-order valence-corrected chi connectivity index (χ2v) is 6.15. The first-order valence-corrected chi connectivity index (χ1v) is 10.3. The number of rotatable bonds is 8. The minimum absolute atomic E-state index is 0.346. The van der Waals surface area contributed by atoms with Crippen molar-refractivity contribution >= 4 is 19.4 Å². The van der Waals surface area contributed by atoms with Crippen LogP contribution in [0.2, 0.25) is 0 Å². The molecule has 0 unspecified atom stereocenters.